The molecule has 1 aliphatic heterocycles. The molecule has 2 aromatic carbocycles. The summed E-state index contributed by atoms with van der Waals surface area (Å²) in [5.41, 5.74) is 10.6. The standard InChI is InChI=1S/C21H22N4O3/c1-2-3-14-28-21(27)19-17(23-24-22)20(26)25(19)18(15-10-6-4-7-11-15)16-12-8-5-9-13-16/h4-13,17-19H,2-3,14H2,1H3/t17-,19-/m0/s1. The molecule has 0 aromatic heterocycles. The van der Waals surface area contributed by atoms with Crippen molar-refractivity contribution in [2.24, 2.45) is 5.11 Å². The van der Waals surface area contributed by atoms with Crippen LogP contribution in [0.15, 0.2) is 65.8 Å². The van der Waals surface area contributed by atoms with E-state index < -0.39 is 24.1 Å². The topological polar surface area (TPSA) is 95.4 Å². The number of carbonyl (C=O) groups excluding carboxylic acids is 2. The molecule has 1 fully saturated rings. The molecule has 0 aliphatic carbocycles. The lowest BCUT2D eigenvalue weighted by atomic mass is 9.87. The van der Waals surface area contributed by atoms with Gasteiger partial charge in [-0.3, -0.25) is 4.79 Å². The summed E-state index contributed by atoms with van der Waals surface area (Å²) in [6, 6.07) is 16.5. The number of likely N-dealkylation sites (tertiary alicyclic amines) is 1. The average Bonchev–Trinajstić information content (AvgIpc) is 2.74. The van der Waals surface area contributed by atoms with Crippen molar-refractivity contribution < 1.29 is 14.3 Å². The van der Waals surface area contributed by atoms with Gasteiger partial charge in [-0.05, 0) is 23.1 Å². The third-order valence-electron chi connectivity index (χ3n) is 4.77. The largest absolute Gasteiger partial charge is 0.464 e. The van der Waals surface area contributed by atoms with Gasteiger partial charge in [0.1, 0.15) is 12.1 Å². The fraction of sp³-hybridized carbons (Fsp3) is 0.333. The average molecular weight is 378 g/mol. The molecule has 2 aromatic rings. The fourth-order valence-corrected chi connectivity index (χ4v) is 3.38. The number of esters is 1. The van der Waals surface area contributed by atoms with Crippen molar-refractivity contribution in [3.05, 3.63) is 82.2 Å². The van der Waals surface area contributed by atoms with Gasteiger partial charge in [-0.15, -0.1) is 0 Å². The molecule has 1 saturated heterocycles. The lowest BCUT2D eigenvalue weighted by molar-refractivity contribution is -0.171. The van der Waals surface area contributed by atoms with Crippen LogP contribution in [0.25, 0.3) is 10.4 Å². The predicted molar refractivity (Wildman–Crippen MR) is 104 cm³/mol. The molecule has 7 heteroatoms. The Morgan fingerprint density at radius 3 is 2.21 bits per heavy atom. The lowest BCUT2D eigenvalue weighted by Gasteiger charge is -2.48. The van der Waals surface area contributed by atoms with E-state index in [2.05, 4.69) is 10.0 Å². The number of azide groups is 1. The highest BCUT2D eigenvalue weighted by atomic mass is 16.5. The van der Waals surface area contributed by atoms with E-state index >= 15 is 0 Å². The monoisotopic (exact) mass is 378 g/mol. The van der Waals surface area contributed by atoms with E-state index in [-0.39, 0.29) is 12.5 Å². The minimum absolute atomic E-state index is 0.276. The van der Waals surface area contributed by atoms with Crippen molar-refractivity contribution in [3.63, 3.8) is 0 Å². The number of amides is 1. The maximum Gasteiger partial charge on any atom is 0.329 e. The molecular weight excluding hydrogens is 356 g/mol. The first kappa shape index (κ1) is 19.5. The summed E-state index contributed by atoms with van der Waals surface area (Å²) in [4.78, 5) is 29.8. The SMILES string of the molecule is CCCCOC(=O)[C@@H]1[C@H](N=[N+]=[N-])C(=O)N1C(c1ccccc1)c1ccccc1. The van der Waals surface area contributed by atoms with E-state index in [1.165, 1.54) is 4.90 Å². The maximum atomic E-state index is 12.8. The number of rotatable bonds is 8. The van der Waals surface area contributed by atoms with E-state index in [1.807, 2.05) is 67.6 Å². The molecule has 0 saturated carbocycles. The normalized spacial score (nSPS) is 18.4. The number of carbonyl (C=O) groups is 2. The van der Waals surface area contributed by atoms with Gasteiger partial charge in [-0.1, -0.05) is 79.1 Å². The van der Waals surface area contributed by atoms with E-state index in [0.717, 1.165) is 24.0 Å². The van der Waals surface area contributed by atoms with Crippen molar-refractivity contribution >= 4 is 11.9 Å². The summed E-state index contributed by atoms with van der Waals surface area (Å²) < 4.78 is 5.35. The third-order valence-corrected chi connectivity index (χ3v) is 4.77. The Morgan fingerprint density at radius 1 is 1.14 bits per heavy atom. The number of β-lactam (4-membered cyclic amide) rings is 1. The van der Waals surface area contributed by atoms with Crippen LogP contribution in [0.4, 0.5) is 0 Å². The predicted octanol–water partition coefficient (Wildman–Crippen LogP) is 4.01. The molecule has 2 atom stereocenters. The number of nitrogens with zero attached hydrogens (tertiary/aromatic N) is 4. The first-order valence-corrected chi connectivity index (χ1v) is 9.32. The fourth-order valence-electron chi connectivity index (χ4n) is 3.38. The van der Waals surface area contributed by atoms with Gasteiger partial charge in [0.05, 0.1) is 12.6 Å². The highest BCUT2D eigenvalue weighted by Gasteiger charge is 2.55. The van der Waals surface area contributed by atoms with Gasteiger partial charge >= 0.3 is 5.97 Å². The van der Waals surface area contributed by atoms with Crippen LogP contribution >= 0.6 is 0 Å². The molecule has 0 N–H and O–H groups in total. The Kier molecular flexibility index (Phi) is 6.29. The molecule has 0 spiro atoms. The van der Waals surface area contributed by atoms with Crippen LogP contribution in [0, 0.1) is 0 Å². The Bertz CT molecular complexity index is 826. The van der Waals surface area contributed by atoms with Gasteiger partial charge < -0.3 is 9.64 Å². The Hall–Kier alpha value is -3.31. The number of hydrogen-bond donors (Lipinski definition) is 0. The van der Waals surface area contributed by atoms with E-state index in [9.17, 15) is 9.59 Å². The van der Waals surface area contributed by atoms with Gasteiger partial charge in [0, 0.05) is 4.91 Å². The summed E-state index contributed by atoms with van der Waals surface area (Å²) in [5, 5.41) is 3.55. The van der Waals surface area contributed by atoms with Gasteiger partial charge in [-0.2, -0.15) is 0 Å². The zero-order valence-corrected chi connectivity index (χ0v) is 15.6. The maximum absolute atomic E-state index is 12.8. The molecule has 7 nitrogen and oxygen atoms in total. The summed E-state index contributed by atoms with van der Waals surface area (Å²) in [5.74, 6) is -0.921. The van der Waals surface area contributed by atoms with Crippen LogP contribution in [-0.2, 0) is 14.3 Å². The van der Waals surface area contributed by atoms with Crippen LogP contribution < -0.4 is 0 Å². The number of hydrogen-bond acceptors (Lipinski definition) is 4. The lowest BCUT2D eigenvalue weighted by Crippen LogP contribution is -2.68. The molecule has 1 amide bonds. The van der Waals surface area contributed by atoms with Crippen molar-refractivity contribution in [2.45, 2.75) is 37.9 Å². The molecule has 1 heterocycles. The zero-order valence-electron chi connectivity index (χ0n) is 15.6. The van der Waals surface area contributed by atoms with E-state index in [1.54, 1.807) is 0 Å². The van der Waals surface area contributed by atoms with Gasteiger partial charge in [0.25, 0.3) is 0 Å². The van der Waals surface area contributed by atoms with Crippen molar-refractivity contribution in [1.82, 2.24) is 4.90 Å². The second-order valence-electron chi connectivity index (χ2n) is 6.59. The Labute approximate surface area is 163 Å². The van der Waals surface area contributed by atoms with E-state index in [0.29, 0.717) is 0 Å². The summed E-state index contributed by atoms with van der Waals surface area (Å²) in [6.07, 6.45) is 1.62. The van der Waals surface area contributed by atoms with Crippen molar-refractivity contribution in [1.29, 1.82) is 0 Å². The quantitative estimate of drug-likeness (QED) is 0.173. The molecular formula is C21H22N4O3. The number of unbranched alkanes of at least 4 members (excludes halogenated alkanes) is 1. The van der Waals surface area contributed by atoms with Crippen LogP contribution in [0.5, 0.6) is 0 Å². The minimum atomic E-state index is -1.07. The smallest absolute Gasteiger partial charge is 0.329 e. The first-order valence-electron chi connectivity index (χ1n) is 9.32. The molecule has 144 valence electrons. The highest BCUT2D eigenvalue weighted by molar-refractivity contribution is 6.00. The minimum Gasteiger partial charge on any atom is -0.464 e. The number of ether oxygens (including phenoxy) is 1. The summed E-state index contributed by atoms with van der Waals surface area (Å²) in [7, 11) is 0. The van der Waals surface area contributed by atoms with Crippen LogP contribution in [0.2, 0.25) is 0 Å². The first-order chi connectivity index (χ1) is 13.7. The van der Waals surface area contributed by atoms with Gasteiger partial charge in [0.15, 0.2) is 0 Å². The summed E-state index contributed by atoms with van der Waals surface area (Å²) >= 11 is 0. The van der Waals surface area contributed by atoms with Gasteiger partial charge in [-0.25, -0.2) is 4.79 Å². The molecule has 28 heavy (non-hydrogen) atoms. The van der Waals surface area contributed by atoms with Crippen molar-refractivity contribution in [2.75, 3.05) is 6.61 Å². The molecule has 0 bridgehead atoms. The van der Waals surface area contributed by atoms with Crippen molar-refractivity contribution in [3.8, 4) is 0 Å². The Morgan fingerprint density at radius 2 is 1.71 bits per heavy atom. The second-order valence-corrected chi connectivity index (χ2v) is 6.59. The molecule has 3 rings (SSSR count). The zero-order chi connectivity index (χ0) is 19.9. The van der Waals surface area contributed by atoms with E-state index in [4.69, 9.17) is 10.3 Å². The molecule has 1 aliphatic rings. The third kappa shape index (κ3) is 3.85. The second kappa shape index (κ2) is 9.06. The van der Waals surface area contributed by atoms with Crippen LogP contribution in [0.1, 0.15) is 36.9 Å². The molecule has 0 unspecified atom stereocenters. The Balaban J connectivity index is 1.98. The summed E-state index contributed by atoms with van der Waals surface area (Å²) in [6.45, 7) is 2.27. The van der Waals surface area contributed by atoms with Gasteiger partial charge in [0.2, 0.25) is 5.91 Å². The number of benzene rings is 2. The molecule has 0 radical (unpaired) electrons. The highest BCUT2D eigenvalue weighted by Crippen LogP contribution is 2.38. The van der Waals surface area contributed by atoms with Crippen LogP contribution in [0.3, 0.4) is 0 Å². The van der Waals surface area contributed by atoms with Crippen LogP contribution in [-0.4, -0.2) is 35.5 Å².